The lowest BCUT2D eigenvalue weighted by Crippen LogP contribution is -1.98. The summed E-state index contributed by atoms with van der Waals surface area (Å²) in [5.74, 6) is 16.7. The molecule has 0 saturated carbocycles. The van der Waals surface area contributed by atoms with E-state index >= 15 is 0 Å². The van der Waals surface area contributed by atoms with Crippen molar-refractivity contribution >= 4 is 5.97 Å². The van der Waals surface area contributed by atoms with Crippen molar-refractivity contribution in [3.63, 3.8) is 0 Å². The molecule has 0 radical (unpaired) electrons. The zero-order chi connectivity index (χ0) is 13.5. The highest BCUT2D eigenvalue weighted by Crippen LogP contribution is 1.99. The Kier molecular flexibility index (Phi) is 11.8. The van der Waals surface area contributed by atoms with E-state index < -0.39 is 0 Å². The van der Waals surface area contributed by atoms with Gasteiger partial charge in [-0.3, -0.25) is 4.79 Å². The van der Waals surface area contributed by atoms with Gasteiger partial charge < -0.3 is 9.84 Å². The van der Waals surface area contributed by atoms with Crippen LogP contribution in [0.1, 0.15) is 38.5 Å². The molecule has 0 aromatic carbocycles. The number of methoxy groups -OCH3 is 1. The number of carbonyl (C=O) groups is 1. The van der Waals surface area contributed by atoms with Crippen molar-refractivity contribution < 1.29 is 14.6 Å². The van der Waals surface area contributed by atoms with Crippen LogP contribution in [0.2, 0.25) is 0 Å². The number of aliphatic hydroxyl groups excluding tert-OH is 1. The van der Waals surface area contributed by atoms with Gasteiger partial charge in [0, 0.05) is 12.8 Å². The highest BCUT2D eigenvalue weighted by molar-refractivity contribution is 5.68. The number of unbranched alkanes of at least 4 members (excludes halogenated alkanes) is 2. The molecule has 0 aliphatic heterocycles. The van der Waals surface area contributed by atoms with E-state index in [1.807, 2.05) is 0 Å². The average Bonchev–Trinajstić information content (AvgIpc) is 2.39. The number of hydrogen-bond donors (Lipinski definition) is 1. The molecule has 18 heavy (non-hydrogen) atoms. The van der Waals surface area contributed by atoms with Crippen molar-refractivity contribution in [1.29, 1.82) is 0 Å². The molecule has 0 aromatic rings. The largest absolute Gasteiger partial charge is 0.469 e. The van der Waals surface area contributed by atoms with Crippen molar-refractivity contribution in [2.75, 3.05) is 13.7 Å². The van der Waals surface area contributed by atoms with Crippen LogP contribution in [-0.2, 0) is 9.53 Å². The Bertz CT molecular complexity index is 404. The van der Waals surface area contributed by atoms with Gasteiger partial charge in [-0.05, 0) is 12.8 Å². The Morgan fingerprint density at radius 3 is 2.22 bits per heavy atom. The molecular weight excluding hydrogens is 228 g/mol. The maximum Gasteiger partial charge on any atom is 0.305 e. The van der Waals surface area contributed by atoms with E-state index in [0.29, 0.717) is 19.3 Å². The number of hydrogen-bond acceptors (Lipinski definition) is 3. The van der Waals surface area contributed by atoms with Crippen molar-refractivity contribution in [2.24, 2.45) is 0 Å². The van der Waals surface area contributed by atoms with Gasteiger partial charge in [0.05, 0.1) is 20.0 Å². The minimum absolute atomic E-state index is 0.118. The quantitative estimate of drug-likeness (QED) is 0.464. The first-order valence-corrected chi connectivity index (χ1v) is 5.86. The van der Waals surface area contributed by atoms with Gasteiger partial charge in [0.2, 0.25) is 0 Å². The summed E-state index contributed by atoms with van der Waals surface area (Å²) in [6, 6.07) is 0. The van der Waals surface area contributed by atoms with Gasteiger partial charge in [-0.25, -0.2) is 0 Å². The number of esters is 1. The van der Waals surface area contributed by atoms with E-state index in [4.69, 9.17) is 5.11 Å². The topological polar surface area (TPSA) is 46.5 Å². The summed E-state index contributed by atoms with van der Waals surface area (Å²) in [6.07, 6.45) is 3.96. The number of carbonyl (C=O) groups excluding carboxylic acids is 1. The van der Waals surface area contributed by atoms with E-state index in [1.54, 1.807) is 0 Å². The molecule has 0 amide bonds. The van der Waals surface area contributed by atoms with E-state index in [2.05, 4.69) is 40.3 Å². The van der Waals surface area contributed by atoms with Crippen LogP contribution < -0.4 is 0 Å². The molecule has 3 heteroatoms. The second-order valence-corrected chi connectivity index (χ2v) is 3.36. The highest BCUT2D eigenvalue weighted by atomic mass is 16.5. The molecule has 0 bridgehead atoms. The van der Waals surface area contributed by atoms with Crippen LogP contribution in [0.25, 0.3) is 0 Å². The second kappa shape index (κ2) is 13.2. The fraction of sp³-hybridized carbons (Fsp3) is 0.533. The summed E-state index contributed by atoms with van der Waals surface area (Å²) in [7, 11) is 1.39. The van der Waals surface area contributed by atoms with E-state index in [-0.39, 0.29) is 12.6 Å². The SMILES string of the molecule is COC(=O)CCCCC#CCC#CCC#CCO. The van der Waals surface area contributed by atoms with Gasteiger partial charge in [0.1, 0.15) is 6.61 Å². The molecule has 0 aliphatic rings. The van der Waals surface area contributed by atoms with Crippen LogP contribution in [0.4, 0.5) is 0 Å². The van der Waals surface area contributed by atoms with E-state index in [1.165, 1.54) is 7.11 Å². The Balaban J connectivity index is 3.47. The molecule has 0 aliphatic carbocycles. The predicted octanol–water partition coefficient (Wildman–Crippen LogP) is 1.50. The van der Waals surface area contributed by atoms with E-state index in [9.17, 15) is 4.79 Å². The highest BCUT2D eigenvalue weighted by Gasteiger charge is 1.97. The minimum atomic E-state index is -0.169. The molecule has 3 nitrogen and oxygen atoms in total. The normalized spacial score (nSPS) is 7.89. The van der Waals surface area contributed by atoms with E-state index in [0.717, 1.165) is 19.3 Å². The predicted molar refractivity (Wildman–Crippen MR) is 70.1 cm³/mol. The molecule has 0 aromatic heterocycles. The summed E-state index contributed by atoms with van der Waals surface area (Å²) < 4.78 is 4.53. The van der Waals surface area contributed by atoms with Crippen molar-refractivity contribution in [2.45, 2.75) is 38.5 Å². The lowest BCUT2D eigenvalue weighted by molar-refractivity contribution is -0.140. The maximum atomic E-state index is 10.8. The minimum Gasteiger partial charge on any atom is -0.469 e. The lowest BCUT2D eigenvalue weighted by atomic mass is 10.2. The molecule has 96 valence electrons. The first-order valence-electron chi connectivity index (χ1n) is 5.86. The van der Waals surface area contributed by atoms with Crippen molar-refractivity contribution in [1.82, 2.24) is 0 Å². The third-order valence-corrected chi connectivity index (χ3v) is 1.97. The smallest absolute Gasteiger partial charge is 0.305 e. The number of ether oxygens (including phenoxy) is 1. The molecular formula is C15H18O3. The van der Waals surface area contributed by atoms with Crippen molar-refractivity contribution in [3.05, 3.63) is 0 Å². The van der Waals surface area contributed by atoms with Gasteiger partial charge in [0.25, 0.3) is 0 Å². The maximum absolute atomic E-state index is 10.8. The van der Waals surface area contributed by atoms with Gasteiger partial charge in [0.15, 0.2) is 0 Å². The Morgan fingerprint density at radius 2 is 1.61 bits per heavy atom. The average molecular weight is 246 g/mol. The number of rotatable bonds is 4. The standard InChI is InChI=1S/C15H18O3/c1-18-15(17)13-11-9-7-5-3-2-4-6-8-10-12-14-16/h16H,2,7-9,11,13-14H2,1H3. The molecule has 0 saturated heterocycles. The van der Waals surface area contributed by atoms with Crippen LogP contribution in [-0.4, -0.2) is 24.8 Å². The Hall–Kier alpha value is -1.89. The van der Waals surface area contributed by atoms with Gasteiger partial charge >= 0.3 is 5.97 Å². The van der Waals surface area contributed by atoms with Crippen LogP contribution in [0.15, 0.2) is 0 Å². The molecule has 0 spiro atoms. The second-order valence-electron chi connectivity index (χ2n) is 3.36. The summed E-state index contributed by atoms with van der Waals surface area (Å²) in [5, 5.41) is 8.39. The Morgan fingerprint density at radius 1 is 1.00 bits per heavy atom. The zero-order valence-corrected chi connectivity index (χ0v) is 10.7. The molecule has 0 rings (SSSR count). The third-order valence-electron chi connectivity index (χ3n) is 1.97. The third kappa shape index (κ3) is 12.2. The molecule has 0 fully saturated rings. The fourth-order valence-corrected chi connectivity index (χ4v) is 1.07. The van der Waals surface area contributed by atoms with Gasteiger partial charge in [-0.15, -0.1) is 5.92 Å². The summed E-state index contributed by atoms with van der Waals surface area (Å²) in [5.41, 5.74) is 0. The first-order chi connectivity index (χ1) is 8.81. The lowest BCUT2D eigenvalue weighted by Gasteiger charge is -1.95. The Labute approximate surface area is 109 Å². The van der Waals surface area contributed by atoms with Crippen molar-refractivity contribution in [3.8, 4) is 35.5 Å². The monoisotopic (exact) mass is 246 g/mol. The fourth-order valence-electron chi connectivity index (χ4n) is 1.07. The summed E-state index contributed by atoms with van der Waals surface area (Å²) in [4.78, 5) is 10.8. The molecule has 0 heterocycles. The summed E-state index contributed by atoms with van der Waals surface area (Å²) in [6.45, 7) is -0.118. The van der Waals surface area contributed by atoms with Gasteiger partial charge in [-0.2, -0.15) is 0 Å². The summed E-state index contributed by atoms with van der Waals surface area (Å²) >= 11 is 0. The molecule has 1 N–H and O–H groups in total. The van der Waals surface area contributed by atoms with Crippen LogP contribution >= 0.6 is 0 Å². The van der Waals surface area contributed by atoms with Gasteiger partial charge in [-0.1, -0.05) is 29.6 Å². The van der Waals surface area contributed by atoms with Crippen LogP contribution in [0, 0.1) is 35.5 Å². The van der Waals surface area contributed by atoms with Crippen LogP contribution in [0.3, 0.4) is 0 Å². The zero-order valence-electron chi connectivity index (χ0n) is 10.7. The first kappa shape index (κ1) is 16.1. The van der Waals surface area contributed by atoms with Crippen LogP contribution in [0.5, 0.6) is 0 Å². The molecule has 0 atom stereocenters. The number of aliphatic hydroxyl groups is 1. The molecule has 0 unspecified atom stereocenters.